The van der Waals surface area contributed by atoms with Gasteiger partial charge in [0.15, 0.2) is 5.78 Å². The number of thiophene rings is 1. The summed E-state index contributed by atoms with van der Waals surface area (Å²) in [6.45, 7) is 2.23. The Hall–Kier alpha value is -2.46. The zero-order valence-electron chi connectivity index (χ0n) is 16.0. The van der Waals surface area contributed by atoms with Crippen molar-refractivity contribution in [1.82, 2.24) is 0 Å². The quantitative estimate of drug-likeness (QED) is 0.355. The molecule has 160 valence electrons. The maximum atomic E-state index is 13.6. The Labute approximate surface area is 174 Å². The largest absolute Gasteiger partial charge is 0.419 e. The number of hydrogen-bond donors (Lipinski definition) is 0. The standard InChI is InChI=1S/C20H17F4NO3S2/c1-3-30(27,28)25(11-13-8-9-16(21)15(10-13)20(22,23)24)19-18(12(2)26)14-6-4-5-7-17(14)29-19/h4-10H,3,11H2,1-2H3. The van der Waals surface area contributed by atoms with Gasteiger partial charge in [-0.15, -0.1) is 11.3 Å². The van der Waals surface area contributed by atoms with E-state index in [1.54, 1.807) is 24.3 Å². The fraction of sp³-hybridized carbons (Fsp3) is 0.250. The number of fused-ring (bicyclic) bond motifs is 1. The molecule has 0 saturated heterocycles. The molecule has 3 aromatic rings. The number of anilines is 1. The average Bonchev–Trinajstić information content (AvgIpc) is 3.05. The van der Waals surface area contributed by atoms with E-state index in [1.807, 2.05) is 0 Å². The predicted octanol–water partition coefficient (Wildman–Crippen LogP) is 5.62. The first-order valence-electron chi connectivity index (χ1n) is 8.84. The second-order valence-corrected chi connectivity index (χ2v) is 9.77. The van der Waals surface area contributed by atoms with E-state index in [9.17, 15) is 30.8 Å². The summed E-state index contributed by atoms with van der Waals surface area (Å²) in [4.78, 5) is 12.3. The Morgan fingerprint density at radius 2 is 1.80 bits per heavy atom. The van der Waals surface area contributed by atoms with Crippen LogP contribution in [0.4, 0.5) is 22.6 Å². The van der Waals surface area contributed by atoms with Crippen LogP contribution < -0.4 is 4.31 Å². The van der Waals surface area contributed by atoms with Gasteiger partial charge in [0.2, 0.25) is 10.0 Å². The zero-order chi connectivity index (χ0) is 22.3. The van der Waals surface area contributed by atoms with Crippen LogP contribution in [0.5, 0.6) is 0 Å². The minimum Gasteiger partial charge on any atom is -0.294 e. The maximum Gasteiger partial charge on any atom is 0.419 e. The first-order chi connectivity index (χ1) is 14.0. The van der Waals surface area contributed by atoms with E-state index in [4.69, 9.17) is 0 Å². The molecule has 2 aromatic carbocycles. The van der Waals surface area contributed by atoms with E-state index in [0.29, 0.717) is 22.2 Å². The van der Waals surface area contributed by atoms with Gasteiger partial charge in [0, 0.05) is 10.1 Å². The van der Waals surface area contributed by atoms with Gasteiger partial charge < -0.3 is 0 Å². The number of alkyl halides is 3. The molecular formula is C20H17F4NO3S2. The normalized spacial score (nSPS) is 12.3. The lowest BCUT2D eigenvalue weighted by atomic mass is 10.1. The lowest BCUT2D eigenvalue weighted by molar-refractivity contribution is -0.140. The second kappa shape index (κ2) is 7.99. The third-order valence-electron chi connectivity index (χ3n) is 4.52. The fourth-order valence-electron chi connectivity index (χ4n) is 3.05. The number of sulfonamides is 1. The number of benzene rings is 2. The smallest absolute Gasteiger partial charge is 0.294 e. The van der Waals surface area contributed by atoms with Crippen molar-refractivity contribution in [2.75, 3.05) is 10.1 Å². The highest BCUT2D eigenvalue weighted by atomic mass is 32.2. The molecule has 0 atom stereocenters. The van der Waals surface area contributed by atoms with Gasteiger partial charge in [-0.3, -0.25) is 9.10 Å². The number of Topliss-reactive ketones (excluding diaryl/α,β-unsaturated/α-hetero) is 1. The molecule has 10 heteroatoms. The number of nitrogens with zero attached hydrogens (tertiary/aromatic N) is 1. The zero-order valence-corrected chi connectivity index (χ0v) is 17.6. The van der Waals surface area contributed by atoms with Gasteiger partial charge in [0.1, 0.15) is 10.8 Å². The monoisotopic (exact) mass is 459 g/mol. The van der Waals surface area contributed by atoms with Crippen LogP contribution in [0, 0.1) is 5.82 Å². The van der Waals surface area contributed by atoms with Gasteiger partial charge in [-0.1, -0.05) is 24.3 Å². The molecule has 0 saturated carbocycles. The van der Waals surface area contributed by atoms with Crippen LogP contribution in [0.1, 0.15) is 35.3 Å². The van der Waals surface area contributed by atoms with Gasteiger partial charge in [0.05, 0.1) is 23.4 Å². The van der Waals surface area contributed by atoms with E-state index in [2.05, 4.69) is 0 Å². The molecule has 0 spiro atoms. The van der Waals surface area contributed by atoms with Gasteiger partial charge in [0.25, 0.3) is 0 Å². The van der Waals surface area contributed by atoms with Crippen molar-refractivity contribution in [3.63, 3.8) is 0 Å². The summed E-state index contributed by atoms with van der Waals surface area (Å²) < 4.78 is 80.2. The summed E-state index contributed by atoms with van der Waals surface area (Å²) in [6.07, 6.45) is -4.92. The third kappa shape index (κ3) is 4.20. The van der Waals surface area contributed by atoms with Crippen LogP contribution in [-0.2, 0) is 22.7 Å². The minimum absolute atomic E-state index is 0.0484. The molecule has 4 nitrogen and oxygen atoms in total. The van der Waals surface area contributed by atoms with Crippen molar-refractivity contribution < 1.29 is 30.8 Å². The molecule has 0 fully saturated rings. The Morgan fingerprint density at radius 1 is 1.13 bits per heavy atom. The SMILES string of the molecule is CCS(=O)(=O)N(Cc1ccc(F)c(C(F)(F)F)c1)c1sc2ccccc2c1C(C)=O. The van der Waals surface area contributed by atoms with Crippen LogP contribution in [-0.4, -0.2) is 20.0 Å². The molecule has 3 rings (SSSR count). The lowest BCUT2D eigenvalue weighted by Gasteiger charge is -2.24. The van der Waals surface area contributed by atoms with Crippen LogP contribution in [0.3, 0.4) is 0 Å². The summed E-state index contributed by atoms with van der Waals surface area (Å²) >= 11 is 1.06. The fourth-order valence-corrected chi connectivity index (χ4v) is 5.67. The Bertz CT molecular complexity index is 1220. The molecule has 0 radical (unpaired) electrons. The van der Waals surface area contributed by atoms with Crippen molar-refractivity contribution in [1.29, 1.82) is 0 Å². The summed E-state index contributed by atoms with van der Waals surface area (Å²) in [7, 11) is -3.96. The van der Waals surface area contributed by atoms with Gasteiger partial charge in [-0.2, -0.15) is 13.2 Å². The van der Waals surface area contributed by atoms with Gasteiger partial charge >= 0.3 is 6.18 Å². The summed E-state index contributed by atoms with van der Waals surface area (Å²) in [5, 5.41) is 0.694. The molecule has 0 bridgehead atoms. The Balaban J connectivity index is 2.19. The molecule has 0 aliphatic heterocycles. The number of hydrogen-bond acceptors (Lipinski definition) is 4. The number of carbonyl (C=O) groups is 1. The van der Waals surface area contributed by atoms with Crippen molar-refractivity contribution in [3.8, 4) is 0 Å². The maximum absolute atomic E-state index is 13.6. The van der Waals surface area contributed by atoms with E-state index in [-0.39, 0.29) is 27.7 Å². The molecule has 1 heterocycles. The Morgan fingerprint density at radius 3 is 2.40 bits per heavy atom. The van der Waals surface area contributed by atoms with E-state index >= 15 is 0 Å². The summed E-state index contributed by atoms with van der Waals surface area (Å²) in [5.74, 6) is -2.14. The molecule has 0 amide bonds. The average molecular weight is 459 g/mol. The van der Waals surface area contributed by atoms with Gasteiger partial charge in [-0.05, 0) is 37.6 Å². The number of rotatable bonds is 6. The molecule has 30 heavy (non-hydrogen) atoms. The lowest BCUT2D eigenvalue weighted by Crippen LogP contribution is -2.32. The highest BCUT2D eigenvalue weighted by Crippen LogP contribution is 2.41. The second-order valence-electron chi connectivity index (χ2n) is 6.55. The molecule has 0 aliphatic carbocycles. The van der Waals surface area contributed by atoms with Crippen LogP contribution in [0.2, 0.25) is 0 Å². The molecular weight excluding hydrogens is 442 g/mol. The molecule has 0 N–H and O–H groups in total. The van der Waals surface area contributed by atoms with Crippen molar-refractivity contribution in [2.24, 2.45) is 0 Å². The minimum atomic E-state index is -4.92. The van der Waals surface area contributed by atoms with Crippen LogP contribution in [0.25, 0.3) is 10.1 Å². The first kappa shape index (κ1) is 22.2. The summed E-state index contributed by atoms with van der Waals surface area (Å²) in [6, 6.07) is 9.21. The third-order valence-corrected chi connectivity index (χ3v) is 7.54. The Kier molecular flexibility index (Phi) is 5.92. The highest BCUT2D eigenvalue weighted by Gasteiger charge is 2.35. The van der Waals surface area contributed by atoms with Crippen LogP contribution in [0.15, 0.2) is 42.5 Å². The predicted molar refractivity (Wildman–Crippen MR) is 109 cm³/mol. The number of halogens is 4. The van der Waals surface area contributed by atoms with Crippen molar-refractivity contribution >= 4 is 42.2 Å². The first-order valence-corrected chi connectivity index (χ1v) is 11.3. The van der Waals surface area contributed by atoms with Crippen molar-refractivity contribution in [3.05, 3.63) is 65.0 Å². The van der Waals surface area contributed by atoms with Gasteiger partial charge in [-0.25, -0.2) is 12.8 Å². The van der Waals surface area contributed by atoms with Crippen molar-refractivity contribution in [2.45, 2.75) is 26.6 Å². The molecule has 0 aliphatic rings. The topological polar surface area (TPSA) is 54.5 Å². The number of ketones is 1. The summed E-state index contributed by atoms with van der Waals surface area (Å²) in [5.41, 5.74) is -1.34. The van der Waals surface area contributed by atoms with E-state index in [0.717, 1.165) is 21.7 Å². The highest BCUT2D eigenvalue weighted by molar-refractivity contribution is 7.92. The molecule has 1 aromatic heterocycles. The number of carbonyl (C=O) groups excluding carboxylic acids is 1. The van der Waals surface area contributed by atoms with Crippen LogP contribution >= 0.6 is 11.3 Å². The van der Waals surface area contributed by atoms with E-state index < -0.39 is 34.1 Å². The van der Waals surface area contributed by atoms with E-state index in [1.165, 1.54) is 13.8 Å². The molecule has 0 unspecified atom stereocenters.